The topological polar surface area (TPSA) is 85.4 Å². The van der Waals surface area contributed by atoms with E-state index >= 15 is 0 Å². The highest BCUT2D eigenvalue weighted by atomic mass is 32.1. The van der Waals surface area contributed by atoms with Crippen LogP contribution in [0.25, 0.3) is 10.9 Å². The lowest BCUT2D eigenvalue weighted by molar-refractivity contribution is -0.116. The molecule has 1 heterocycles. The Morgan fingerprint density at radius 3 is 2.47 bits per heavy atom. The van der Waals surface area contributed by atoms with Gasteiger partial charge in [0.2, 0.25) is 5.91 Å². The second kappa shape index (κ2) is 10.1. The van der Waals surface area contributed by atoms with E-state index in [-0.39, 0.29) is 11.5 Å². The zero-order valence-electron chi connectivity index (χ0n) is 17.1. The second-order valence-corrected chi connectivity index (χ2v) is 7.28. The summed E-state index contributed by atoms with van der Waals surface area (Å²) < 4.78 is 12.4. The van der Waals surface area contributed by atoms with Gasteiger partial charge in [-0.05, 0) is 37.2 Å². The molecule has 0 aliphatic heterocycles. The highest BCUT2D eigenvalue weighted by molar-refractivity contribution is 7.71. The third-order valence-corrected chi connectivity index (χ3v) is 5.13. The quantitative estimate of drug-likeness (QED) is 0.393. The highest BCUT2D eigenvalue weighted by Crippen LogP contribution is 2.25. The number of benzene rings is 2. The number of H-pyrrole nitrogens is 1. The molecule has 2 aromatic carbocycles. The van der Waals surface area contributed by atoms with Crippen LogP contribution in [0.15, 0.2) is 47.3 Å². The number of fused-ring (bicyclic) bond motifs is 1. The van der Waals surface area contributed by atoms with Gasteiger partial charge in [0.15, 0.2) is 4.77 Å². The van der Waals surface area contributed by atoms with E-state index in [1.165, 1.54) is 0 Å². The lowest BCUT2D eigenvalue weighted by atomic mass is 10.1. The molecule has 0 radical (unpaired) electrons. The van der Waals surface area contributed by atoms with Crippen molar-refractivity contribution in [1.82, 2.24) is 9.55 Å². The van der Waals surface area contributed by atoms with Crippen LogP contribution >= 0.6 is 12.2 Å². The van der Waals surface area contributed by atoms with Crippen molar-refractivity contribution in [3.8, 4) is 11.5 Å². The van der Waals surface area contributed by atoms with Crippen LogP contribution in [0.1, 0.15) is 25.7 Å². The van der Waals surface area contributed by atoms with Crippen molar-refractivity contribution in [2.45, 2.75) is 32.2 Å². The number of carbonyl (C=O) groups is 1. The zero-order chi connectivity index (χ0) is 21.5. The van der Waals surface area contributed by atoms with Gasteiger partial charge < -0.3 is 19.8 Å². The van der Waals surface area contributed by atoms with Gasteiger partial charge in [0.05, 0.1) is 25.1 Å². The highest BCUT2D eigenvalue weighted by Gasteiger charge is 2.08. The first-order valence-corrected chi connectivity index (χ1v) is 10.2. The van der Waals surface area contributed by atoms with Crippen LogP contribution in [0.2, 0.25) is 0 Å². The molecule has 0 saturated carbocycles. The Balaban J connectivity index is 1.50. The van der Waals surface area contributed by atoms with Crippen molar-refractivity contribution in [2.75, 3.05) is 19.5 Å². The third-order valence-electron chi connectivity index (χ3n) is 4.81. The number of anilines is 1. The van der Waals surface area contributed by atoms with Gasteiger partial charge in [0, 0.05) is 36.9 Å². The lowest BCUT2D eigenvalue weighted by Gasteiger charge is -2.10. The molecule has 1 aromatic heterocycles. The largest absolute Gasteiger partial charge is 0.497 e. The molecule has 158 valence electrons. The number of nitrogens with zero attached hydrogens (tertiary/aromatic N) is 1. The molecule has 0 bridgehead atoms. The molecule has 0 aliphatic carbocycles. The maximum atomic E-state index is 12.6. The Bertz CT molecular complexity index is 1130. The summed E-state index contributed by atoms with van der Waals surface area (Å²) in [5.74, 6) is 1.15. The van der Waals surface area contributed by atoms with Gasteiger partial charge in [0.1, 0.15) is 11.5 Å². The van der Waals surface area contributed by atoms with Gasteiger partial charge in [-0.1, -0.05) is 18.6 Å². The number of ether oxygens (including phenoxy) is 2. The second-order valence-electron chi connectivity index (χ2n) is 6.89. The molecule has 0 atom stereocenters. The minimum absolute atomic E-state index is 0.0783. The molecule has 2 N–H and O–H groups in total. The first-order chi connectivity index (χ1) is 14.5. The van der Waals surface area contributed by atoms with Crippen molar-refractivity contribution in [3.63, 3.8) is 0 Å². The molecule has 1 amide bonds. The summed E-state index contributed by atoms with van der Waals surface area (Å²) in [6, 6.07) is 12.6. The summed E-state index contributed by atoms with van der Waals surface area (Å²) in [6.45, 7) is 0.522. The number of hydrogen-bond acceptors (Lipinski definition) is 5. The van der Waals surface area contributed by atoms with Crippen LogP contribution in [0.3, 0.4) is 0 Å². The number of rotatable bonds is 9. The summed E-state index contributed by atoms with van der Waals surface area (Å²) in [7, 11) is 3.13. The maximum Gasteiger partial charge on any atom is 0.262 e. The van der Waals surface area contributed by atoms with Crippen molar-refractivity contribution in [3.05, 3.63) is 57.6 Å². The fourth-order valence-corrected chi connectivity index (χ4v) is 3.52. The number of hydrogen-bond donors (Lipinski definition) is 2. The van der Waals surface area contributed by atoms with Gasteiger partial charge in [-0.25, -0.2) is 0 Å². The minimum Gasteiger partial charge on any atom is -0.497 e. The van der Waals surface area contributed by atoms with Crippen molar-refractivity contribution >= 4 is 34.7 Å². The van der Waals surface area contributed by atoms with E-state index in [0.717, 1.165) is 18.4 Å². The van der Waals surface area contributed by atoms with E-state index < -0.39 is 0 Å². The van der Waals surface area contributed by atoms with Gasteiger partial charge in [0.25, 0.3) is 5.56 Å². The number of unbranched alkanes of at least 4 members (excludes halogenated alkanes) is 2. The molecular weight excluding hydrogens is 402 g/mol. The Morgan fingerprint density at radius 1 is 1.07 bits per heavy atom. The van der Waals surface area contributed by atoms with Crippen molar-refractivity contribution in [1.29, 1.82) is 0 Å². The summed E-state index contributed by atoms with van der Waals surface area (Å²) >= 11 is 5.32. The van der Waals surface area contributed by atoms with E-state index in [1.807, 2.05) is 18.2 Å². The van der Waals surface area contributed by atoms with Gasteiger partial charge >= 0.3 is 0 Å². The first-order valence-electron chi connectivity index (χ1n) is 9.76. The Hall–Kier alpha value is -3.13. The molecule has 7 nitrogen and oxygen atoms in total. The third kappa shape index (κ3) is 5.27. The van der Waals surface area contributed by atoms with Crippen LogP contribution < -0.4 is 20.3 Å². The predicted molar refractivity (Wildman–Crippen MR) is 120 cm³/mol. The van der Waals surface area contributed by atoms with Crippen molar-refractivity contribution in [2.24, 2.45) is 0 Å². The Labute approximate surface area is 179 Å². The number of carbonyl (C=O) groups excluding carboxylic acids is 1. The fraction of sp³-hybridized carbons (Fsp3) is 0.318. The maximum absolute atomic E-state index is 12.6. The zero-order valence-corrected chi connectivity index (χ0v) is 17.9. The summed E-state index contributed by atoms with van der Waals surface area (Å²) in [5, 5.41) is 3.49. The lowest BCUT2D eigenvalue weighted by Crippen LogP contribution is -2.22. The summed E-state index contributed by atoms with van der Waals surface area (Å²) in [6.07, 6.45) is 2.67. The molecule has 0 fully saturated rings. The average Bonchev–Trinajstić information content (AvgIpc) is 2.75. The Kier molecular flexibility index (Phi) is 7.24. The number of methoxy groups -OCH3 is 2. The molecule has 0 spiro atoms. The standard InChI is InChI=1S/C22H25N3O4S/c1-28-16-12-15(13-17(14-16)29-2)23-20(26)10-4-3-7-11-25-21(27)18-8-5-6-9-19(18)24-22(25)30/h5-6,8-9,12-14H,3-4,7,10-11H2,1-2H3,(H,23,26)(H,24,30). The predicted octanol–water partition coefficient (Wildman–Crippen LogP) is 4.28. The van der Waals surface area contributed by atoms with Crippen LogP contribution in [-0.4, -0.2) is 29.7 Å². The molecule has 3 aromatic rings. The van der Waals surface area contributed by atoms with Crippen LogP contribution in [0.5, 0.6) is 11.5 Å². The fourth-order valence-electron chi connectivity index (χ4n) is 3.24. The first kappa shape index (κ1) is 21.6. The molecule has 3 rings (SSSR count). The molecular formula is C22H25N3O4S. The smallest absolute Gasteiger partial charge is 0.262 e. The van der Waals surface area contributed by atoms with Crippen LogP contribution in [0, 0.1) is 4.77 Å². The van der Waals surface area contributed by atoms with Crippen LogP contribution in [-0.2, 0) is 11.3 Å². The molecule has 30 heavy (non-hydrogen) atoms. The number of amides is 1. The summed E-state index contributed by atoms with van der Waals surface area (Å²) in [4.78, 5) is 27.9. The van der Waals surface area contributed by atoms with E-state index in [1.54, 1.807) is 43.1 Å². The molecule has 0 unspecified atom stereocenters. The normalized spacial score (nSPS) is 10.7. The SMILES string of the molecule is COc1cc(NC(=O)CCCCCn2c(=S)[nH]c3ccccc3c2=O)cc(OC)c1. The average molecular weight is 428 g/mol. The van der Waals surface area contributed by atoms with E-state index in [0.29, 0.717) is 46.7 Å². The number of aromatic amines is 1. The van der Waals surface area contributed by atoms with Gasteiger partial charge in [-0.15, -0.1) is 0 Å². The van der Waals surface area contributed by atoms with E-state index in [9.17, 15) is 9.59 Å². The molecule has 8 heteroatoms. The van der Waals surface area contributed by atoms with Gasteiger partial charge in [-0.3, -0.25) is 14.2 Å². The minimum atomic E-state index is -0.0842. The van der Waals surface area contributed by atoms with Gasteiger partial charge in [-0.2, -0.15) is 0 Å². The Morgan fingerprint density at radius 2 is 1.77 bits per heavy atom. The van der Waals surface area contributed by atoms with Crippen molar-refractivity contribution < 1.29 is 14.3 Å². The van der Waals surface area contributed by atoms with Crippen LogP contribution in [0.4, 0.5) is 5.69 Å². The van der Waals surface area contributed by atoms with E-state index in [2.05, 4.69) is 10.3 Å². The monoisotopic (exact) mass is 427 g/mol. The number of nitrogens with one attached hydrogen (secondary N) is 2. The van der Waals surface area contributed by atoms with E-state index in [4.69, 9.17) is 21.7 Å². The molecule has 0 aliphatic rings. The number of aromatic nitrogens is 2. The summed E-state index contributed by atoms with van der Waals surface area (Å²) in [5.41, 5.74) is 1.29. The number of para-hydroxylation sites is 1. The molecule has 0 saturated heterocycles.